The summed E-state index contributed by atoms with van der Waals surface area (Å²) in [6, 6.07) is 3.50. The zero-order valence-electron chi connectivity index (χ0n) is 10.3. The van der Waals surface area contributed by atoms with Crippen molar-refractivity contribution in [3.8, 4) is 0 Å². The van der Waals surface area contributed by atoms with Gasteiger partial charge in [-0.3, -0.25) is 0 Å². The van der Waals surface area contributed by atoms with Crippen LogP contribution >= 0.6 is 0 Å². The van der Waals surface area contributed by atoms with E-state index >= 15 is 0 Å². The van der Waals surface area contributed by atoms with E-state index in [9.17, 15) is 26.3 Å². The van der Waals surface area contributed by atoms with Crippen molar-refractivity contribution in [3.05, 3.63) is 35.4 Å². The number of halogens is 6. The summed E-state index contributed by atoms with van der Waals surface area (Å²) in [5.41, 5.74) is 5.27. The molecule has 0 amide bonds. The molecule has 1 unspecified atom stereocenters. The molecule has 0 saturated heterocycles. The van der Waals surface area contributed by atoms with Crippen LogP contribution in [-0.2, 0) is 10.9 Å². The molecule has 1 atom stereocenters. The fraction of sp³-hybridized carbons (Fsp3) is 0.500. The third-order valence-corrected chi connectivity index (χ3v) is 2.51. The second-order valence-electron chi connectivity index (χ2n) is 4.18. The van der Waals surface area contributed by atoms with Gasteiger partial charge in [-0.1, -0.05) is 12.1 Å². The van der Waals surface area contributed by atoms with E-state index in [-0.39, 0.29) is 13.0 Å². The summed E-state index contributed by atoms with van der Waals surface area (Å²) >= 11 is 0. The van der Waals surface area contributed by atoms with Gasteiger partial charge in [-0.2, -0.15) is 26.3 Å². The van der Waals surface area contributed by atoms with E-state index < -0.39 is 30.6 Å². The van der Waals surface area contributed by atoms with E-state index in [1.54, 1.807) is 0 Å². The molecule has 0 aromatic heterocycles. The van der Waals surface area contributed by atoms with Gasteiger partial charge in [0, 0.05) is 12.6 Å². The van der Waals surface area contributed by atoms with Gasteiger partial charge in [0.05, 0.1) is 5.56 Å². The number of alkyl halides is 6. The lowest BCUT2D eigenvalue weighted by Crippen LogP contribution is -2.19. The molecule has 2 N–H and O–H groups in total. The van der Waals surface area contributed by atoms with Crippen molar-refractivity contribution in [3.63, 3.8) is 0 Å². The fourth-order valence-electron chi connectivity index (χ4n) is 1.48. The molecule has 0 heterocycles. The third-order valence-electron chi connectivity index (χ3n) is 2.51. The largest absolute Gasteiger partial charge is 0.416 e. The van der Waals surface area contributed by atoms with E-state index in [1.807, 2.05) is 0 Å². The molecule has 0 radical (unpaired) electrons. The van der Waals surface area contributed by atoms with Crippen molar-refractivity contribution in [1.82, 2.24) is 0 Å². The zero-order chi connectivity index (χ0) is 15.4. The minimum atomic E-state index is -4.43. The van der Waals surface area contributed by atoms with E-state index in [0.29, 0.717) is 5.56 Å². The predicted octanol–water partition coefficient (Wildman–Crippen LogP) is 3.67. The lowest BCUT2D eigenvalue weighted by atomic mass is 10.0. The number of hydrogen-bond acceptors (Lipinski definition) is 2. The second kappa shape index (κ2) is 6.45. The normalized spacial score (nSPS) is 14.3. The van der Waals surface area contributed by atoms with Crippen LogP contribution in [0.5, 0.6) is 0 Å². The minimum Gasteiger partial charge on any atom is -0.372 e. The van der Waals surface area contributed by atoms with Crippen LogP contribution < -0.4 is 5.73 Å². The monoisotopic (exact) mass is 301 g/mol. The van der Waals surface area contributed by atoms with Crippen LogP contribution in [-0.4, -0.2) is 19.4 Å². The summed E-state index contributed by atoms with van der Waals surface area (Å²) in [6.45, 7) is -1.59. The first-order chi connectivity index (χ1) is 9.09. The molecular weight excluding hydrogens is 288 g/mol. The Morgan fingerprint density at radius 1 is 1.00 bits per heavy atom. The molecule has 0 aliphatic carbocycles. The van der Waals surface area contributed by atoms with Gasteiger partial charge in [-0.15, -0.1) is 0 Å². The summed E-state index contributed by atoms with van der Waals surface area (Å²) in [6.07, 6.45) is -8.75. The molecule has 1 aromatic carbocycles. The molecule has 0 aliphatic rings. The first kappa shape index (κ1) is 16.8. The fourth-order valence-corrected chi connectivity index (χ4v) is 1.48. The quantitative estimate of drug-likeness (QED) is 0.665. The Morgan fingerprint density at radius 2 is 1.55 bits per heavy atom. The van der Waals surface area contributed by atoms with Gasteiger partial charge in [-0.05, 0) is 24.1 Å². The Kier molecular flexibility index (Phi) is 5.41. The Labute approximate surface area is 111 Å². The summed E-state index contributed by atoms with van der Waals surface area (Å²) in [4.78, 5) is 0. The van der Waals surface area contributed by atoms with E-state index in [1.165, 1.54) is 12.1 Å². The molecule has 1 rings (SSSR count). The maximum absolute atomic E-state index is 12.3. The lowest BCUT2D eigenvalue weighted by Gasteiger charge is -2.14. The van der Waals surface area contributed by atoms with Crippen LogP contribution in [0.3, 0.4) is 0 Å². The number of hydrogen-bond donors (Lipinski definition) is 1. The summed E-state index contributed by atoms with van der Waals surface area (Å²) in [7, 11) is 0. The predicted molar refractivity (Wildman–Crippen MR) is 59.9 cm³/mol. The molecule has 0 fully saturated rings. The van der Waals surface area contributed by atoms with Crippen LogP contribution in [0.25, 0.3) is 0 Å². The molecule has 0 aliphatic heterocycles. The number of nitrogens with two attached hydrogens (primary N) is 1. The molecule has 1 aromatic rings. The first-order valence-electron chi connectivity index (χ1n) is 5.67. The summed E-state index contributed by atoms with van der Waals surface area (Å²) < 4.78 is 76.7. The Hall–Kier alpha value is -1.28. The maximum atomic E-state index is 12.3. The molecule has 114 valence electrons. The van der Waals surface area contributed by atoms with Crippen LogP contribution in [0, 0.1) is 0 Å². The third kappa shape index (κ3) is 5.79. The average molecular weight is 301 g/mol. The zero-order valence-corrected chi connectivity index (χ0v) is 10.3. The SMILES string of the molecule is NC(CCOCC(F)(F)F)c1ccc(C(F)(F)F)cc1. The van der Waals surface area contributed by atoms with Gasteiger partial charge in [0.2, 0.25) is 0 Å². The van der Waals surface area contributed by atoms with Crippen LogP contribution in [0.4, 0.5) is 26.3 Å². The van der Waals surface area contributed by atoms with Crippen LogP contribution in [0.1, 0.15) is 23.6 Å². The summed E-state index contributed by atoms with van der Waals surface area (Å²) in [5, 5.41) is 0. The van der Waals surface area contributed by atoms with Crippen molar-refractivity contribution < 1.29 is 31.1 Å². The van der Waals surface area contributed by atoms with Crippen LogP contribution in [0.2, 0.25) is 0 Å². The number of benzene rings is 1. The van der Waals surface area contributed by atoms with E-state index in [0.717, 1.165) is 12.1 Å². The molecular formula is C12H13F6NO. The topological polar surface area (TPSA) is 35.2 Å². The molecule has 2 nitrogen and oxygen atoms in total. The number of ether oxygens (including phenoxy) is 1. The van der Waals surface area contributed by atoms with Gasteiger partial charge in [0.1, 0.15) is 6.61 Å². The minimum absolute atomic E-state index is 0.0848. The van der Waals surface area contributed by atoms with Crippen molar-refractivity contribution in [2.45, 2.75) is 24.8 Å². The van der Waals surface area contributed by atoms with Crippen molar-refractivity contribution in [2.24, 2.45) is 5.73 Å². The Balaban J connectivity index is 2.46. The van der Waals surface area contributed by atoms with Crippen molar-refractivity contribution in [1.29, 1.82) is 0 Å². The highest BCUT2D eigenvalue weighted by Crippen LogP contribution is 2.30. The van der Waals surface area contributed by atoms with Gasteiger partial charge < -0.3 is 10.5 Å². The smallest absolute Gasteiger partial charge is 0.372 e. The standard InChI is InChI=1S/C12H13F6NO/c13-11(14,15)7-20-6-5-10(19)8-1-3-9(4-2-8)12(16,17)18/h1-4,10H,5-7,19H2. The van der Waals surface area contributed by atoms with E-state index in [2.05, 4.69) is 4.74 Å². The maximum Gasteiger partial charge on any atom is 0.416 e. The van der Waals surface area contributed by atoms with E-state index in [4.69, 9.17) is 5.73 Å². The second-order valence-corrected chi connectivity index (χ2v) is 4.18. The molecule has 20 heavy (non-hydrogen) atoms. The highest BCUT2D eigenvalue weighted by atomic mass is 19.4. The van der Waals surface area contributed by atoms with Crippen molar-refractivity contribution in [2.75, 3.05) is 13.2 Å². The Bertz CT molecular complexity index is 411. The molecule has 0 spiro atoms. The highest BCUT2D eigenvalue weighted by Gasteiger charge is 2.30. The summed E-state index contributed by atoms with van der Waals surface area (Å²) in [5.74, 6) is 0. The highest BCUT2D eigenvalue weighted by molar-refractivity contribution is 5.26. The van der Waals surface area contributed by atoms with Gasteiger partial charge in [0.25, 0.3) is 0 Å². The lowest BCUT2D eigenvalue weighted by molar-refractivity contribution is -0.174. The Morgan fingerprint density at radius 3 is 2.00 bits per heavy atom. The molecule has 0 bridgehead atoms. The van der Waals surface area contributed by atoms with Gasteiger partial charge in [-0.25, -0.2) is 0 Å². The van der Waals surface area contributed by atoms with Gasteiger partial charge in [0.15, 0.2) is 0 Å². The average Bonchev–Trinajstić information content (AvgIpc) is 2.32. The number of rotatable bonds is 5. The van der Waals surface area contributed by atoms with Crippen LogP contribution in [0.15, 0.2) is 24.3 Å². The van der Waals surface area contributed by atoms with Crippen molar-refractivity contribution >= 4 is 0 Å². The molecule has 0 saturated carbocycles. The molecule has 8 heteroatoms. The van der Waals surface area contributed by atoms with Gasteiger partial charge >= 0.3 is 12.4 Å². The first-order valence-corrected chi connectivity index (χ1v) is 5.67.